The highest BCUT2D eigenvalue weighted by molar-refractivity contribution is 7.82. The van der Waals surface area contributed by atoms with Crippen LogP contribution in [0, 0.1) is 11.8 Å². The van der Waals surface area contributed by atoms with Crippen molar-refractivity contribution in [3.63, 3.8) is 0 Å². The van der Waals surface area contributed by atoms with Gasteiger partial charge in [0, 0.05) is 63.2 Å². The smallest absolute Gasteiger partial charge is 0.328 e. The second kappa shape index (κ2) is 12.4. The minimum Gasteiger partial charge on any atom is -0.328 e. The number of imide groups is 1. The quantitative estimate of drug-likeness (QED) is 0.425. The molecule has 2 aromatic carbocycles. The Hall–Kier alpha value is -3.56. The molecule has 1 atom stereocenters. The summed E-state index contributed by atoms with van der Waals surface area (Å²) in [4.78, 5) is 28.8. The van der Waals surface area contributed by atoms with Crippen LogP contribution in [0.25, 0.3) is 10.9 Å². The number of nitrogens with two attached hydrogens (primary N) is 1. The summed E-state index contributed by atoms with van der Waals surface area (Å²) < 4.78 is 17.0. The van der Waals surface area contributed by atoms with Crippen LogP contribution in [0.5, 0.6) is 0 Å². The molecule has 10 nitrogen and oxygen atoms in total. The zero-order chi connectivity index (χ0) is 31.0. The Bertz CT molecular complexity index is 1660. The van der Waals surface area contributed by atoms with Gasteiger partial charge in [-0.25, -0.2) is 13.3 Å². The number of urea groups is 1. The number of piperidine rings is 2. The van der Waals surface area contributed by atoms with E-state index in [0.29, 0.717) is 18.3 Å². The lowest BCUT2D eigenvalue weighted by Crippen LogP contribution is -2.49. The van der Waals surface area contributed by atoms with E-state index >= 15 is 0 Å². The van der Waals surface area contributed by atoms with E-state index in [1.165, 1.54) is 5.56 Å². The molecule has 6 rings (SSSR count). The van der Waals surface area contributed by atoms with Crippen LogP contribution < -0.4 is 16.0 Å². The van der Waals surface area contributed by atoms with Crippen molar-refractivity contribution in [2.45, 2.75) is 68.3 Å². The predicted octanol–water partition coefficient (Wildman–Crippen LogP) is 3.48. The van der Waals surface area contributed by atoms with Crippen LogP contribution in [-0.2, 0) is 22.8 Å². The fourth-order valence-electron chi connectivity index (χ4n) is 6.42. The van der Waals surface area contributed by atoms with Crippen molar-refractivity contribution in [1.82, 2.24) is 24.3 Å². The number of hydrogen-bond acceptors (Lipinski definition) is 6. The van der Waals surface area contributed by atoms with Crippen molar-refractivity contribution >= 4 is 39.6 Å². The summed E-state index contributed by atoms with van der Waals surface area (Å²) in [5.74, 6) is 7.62. The fourth-order valence-corrected chi connectivity index (χ4v) is 7.69. The molecule has 1 aromatic heterocycles. The number of carbonyl (C=O) groups is 2. The summed E-state index contributed by atoms with van der Waals surface area (Å²) in [6.07, 6.45) is 4.05. The van der Waals surface area contributed by atoms with E-state index in [9.17, 15) is 13.8 Å². The van der Waals surface area contributed by atoms with E-state index in [-0.39, 0.29) is 23.9 Å². The van der Waals surface area contributed by atoms with Crippen molar-refractivity contribution in [1.29, 1.82) is 0 Å². The average molecular weight is 616 g/mol. The van der Waals surface area contributed by atoms with Gasteiger partial charge in [0.05, 0.1) is 16.0 Å². The number of fused-ring (bicyclic) bond motifs is 1. The molecule has 0 spiro atoms. The van der Waals surface area contributed by atoms with E-state index in [1.54, 1.807) is 4.90 Å². The number of carbonyl (C=O) groups excluding carboxylic acids is 2. The topological polar surface area (TPSA) is 117 Å². The number of aromatic nitrogens is 2. The molecule has 3 fully saturated rings. The average Bonchev–Trinajstić information content (AvgIpc) is 3.35. The highest BCUT2D eigenvalue weighted by atomic mass is 32.2. The molecule has 3 aromatic rings. The number of amides is 3. The van der Waals surface area contributed by atoms with Gasteiger partial charge in [0.2, 0.25) is 5.91 Å². The molecule has 0 radical (unpaired) electrons. The van der Waals surface area contributed by atoms with Crippen molar-refractivity contribution in [2.24, 2.45) is 12.8 Å². The first-order valence-electron chi connectivity index (χ1n) is 15.5. The first-order valence-corrected chi connectivity index (χ1v) is 16.6. The van der Waals surface area contributed by atoms with Gasteiger partial charge in [0.1, 0.15) is 11.0 Å². The number of nitrogens with one attached hydrogen (secondary N) is 1. The largest absolute Gasteiger partial charge is 0.329 e. The summed E-state index contributed by atoms with van der Waals surface area (Å²) in [5.41, 5.74) is 8.85. The summed E-state index contributed by atoms with van der Waals surface area (Å²) in [7, 11) is 0.694. The number of anilines is 1. The van der Waals surface area contributed by atoms with E-state index < -0.39 is 17.0 Å². The predicted molar refractivity (Wildman–Crippen MR) is 172 cm³/mol. The molecular weight excluding hydrogens is 574 g/mol. The van der Waals surface area contributed by atoms with Crippen LogP contribution in [-0.4, -0.2) is 79.4 Å². The molecule has 0 aliphatic carbocycles. The number of aryl methyl sites for hydroxylation is 1. The van der Waals surface area contributed by atoms with Gasteiger partial charge in [-0.3, -0.25) is 24.6 Å². The Kier molecular flexibility index (Phi) is 8.61. The van der Waals surface area contributed by atoms with Crippen LogP contribution >= 0.6 is 0 Å². The first kappa shape index (κ1) is 30.5. The Morgan fingerprint density at radius 3 is 2.48 bits per heavy atom. The van der Waals surface area contributed by atoms with Gasteiger partial charge in [-0.15, -0.1) is 0 Å². The highest BCUT2D eigenvalue weighted by Crippen LogP contribution is 2.35. The van der Waals surface area contributed by atoms with E-state index in [2.05, 4.69) is 59.2 Å². The molecule has 3 N–H and O–H groups in total. The van der Waals surface area contributed by atoms with Gasteiger partial charge in [-0.1, -0.05) is 24.0 Å². The summed E-state index contributed by atoms with van der Waals surface area (Å²) in [6.45, 7) is 8.05. The summed E-state index contributed by atoms with van der Waals surface area (Å²) in [5, 5.41) is 7.92. The third-order valence-corrected chi connectivity index (χ3v) is 10.7. The first-order chi connectivity index (χ1) is 21.1. The monoisotopic (exact) mass is 615 g/mol. The summed E-state index contributed by atoms with van der Waals surface area (Å²) >= 11 is 0. The SMILES string of the molecule is Cn1nc(N2CCC(=O)NC2=O)c2ccc(C3CCN(C(C)(C)C#Cc4cccc(S(=O)N5CCC(N)CC5)c4)CC3)cc21. The van der Waals surface area contributed by atoms with Crippen LogP contribution in [0.1, 0.15) is 63.0 Å². The van der Waals surface area contributed by atoms with E-state index in [0.717, 1.165) is 73.2 Å². The number of hydrogen-bond donors (Lipinski definition) is 2. The van der Waals surface area contributed by atoms with Crippen molar-refractivity contribution < 1.29 is 13.8 Å². The van der Waals surface area contributed by atoms with Crippen LogP contribution in [0.3, 0.4) is 0 Å². The summed E-state index contributed by atoms with van der Waals surface area (Å²) in [6, 6.07) is 14.0. The maximum Gasteiger partial charge on any atom is 0.329 e. The Labute approximate surface area is 261 Å². The Morgan fingerprint density at radius 1 is 1.00 bits per heavy atom. The van der Waals surface area contributed by atoms with Crippen LogP contribution in [0.4, 0.5) is 10.6 Å². The lowest BCUT2D eigenvalue weighted by Gasteiger charge is -2.40. The Balaban J connectivity index is 1.10. The molecule has 0 saturated carbocycles. The van der Waals surface area contributed by atoms with Crippen molar-refractivity contribution in [3.05, 3.63) is 53.6 Å². The lowest BCUT2D eigenvalue weighted by atomic mass is 9.87. The normalized spacial score (nSPS) is 20.4. The van der Waals surface area contributed by atoms with Gasteiger partial charge in [-0.05, 0) is 81.3 Å². The molecule has 44 heavy (non-hydrogen) atoms. The lowest BCUT2D eigenvalue weighted by molar-refractivity contribution is -0.120. The minimum absolute atomic E-state index is 0.205. The molecule has 11 heteroatoms. The second-order valence-electron chi connectivity index (χ2n) is 12.6. The molecule has 232 valence electrons. The van der Waals surface area contributed by atoms with Crippen molar-refractivity contribution in [2.75, 3.05) is 37.6 Å². The third-order valence-electron chi connectivity index (χ3n) is 9.20. The van der Waals surface area contributed by atoms with E-state index in [1.807, 2.05) is 40.3 Å². The molecule has 3 aliphatic rings. The second-order valence-corrected chi connectivity index (χ2v) is 14.1. The minimum atomic E-state index is -1.20. The van der Waals surface area contributed by atoms with Crippen molar-refractivity contribution in [3.8, 4) is 11.8 Å². The zero-order valence-electron chi connectivity index (χ0n) is 25.7. The third kappa shape index (κ3) is 6.31. The zero-order valence-corrected chi connectivity index (χ0v) is 26.5. The Morgan fingerprint density at radius 2 is 1.75 bits per heavy atom. The van der Waals surface area contributed by atoms with Gasteiger partial charge in [-0.2, -0.15) is 5.10 Å². The molecule has 3 saturated heterocycles. The van der Waals surface area contributed by atoms with Gasteiger partial charge >= 0.3 is 6.03 Å². The van der Waals surface area contributed by atoms with Crippen LogP contribution in [0.2, 0.25) is 0 Å². The number of likely N-dealkylation sites (tertiary alicyclic amines) is 1. The van der Waals surface area contributed by atoms with Gasteiger partial charge in [0.25, 0.3) is 0 Å². The van der Waals surface area contributed by atoms with Gasteiger partial charge < -0.3 is 5.73 Å². The maximum absolute atomic E-state index is 13.1. The van der Waals surface area contributed by atoms with Crippen LogP contribution in [0.15, 0.2) is 47.4 Å². The maximum atomic E-state index is 13.1. The van der Waals surface area contributed by atoms with Gasteiger partial charge in [0.15, 0.2) is 5.82 Å². The van der Waals surface area contributed by atoms with E-state index in [4.69, 9.17) is 5.73 Å². The molecule has 3 amide bonds. The molecule has 3 aliphatic heterocycles. The molecule has 4 heterocycles. The molecule has 0 bridgehead atoms. The molecule has 1 unspecified atom stereocenters. The number of benzene rings is 2. The number of rotatable bonds is 5. The highest BCUT2D eigenvalue weighted by Gasteiger charge is 2.31. The number of nitrogens with zero attached hydrogens (tertiary/aromatic N) is 5. The molecular formula is C33H41N7O3S. The fraction of sp³-hybridized carbons (Fsp3) is 0.485. The standard InChI is InChI=1S/C33H41N7O3S/c1-33(2,15-9-23-5-4-6-27(21-23)44(43)39-18-12-26(34)13-19-39)38-16-10-24(11-17-38)25-7-8-28-29(22-25)37(3)36-31(28)40-20-14-30(41)35-32(40)42/h4-8,21-22,24,26H,10-14,16-20,34H2,1-3H3,(H,35,41,42).